The molecule has 3 nitrogen and oxygen atoms in total. The minimum absolute atomic E-state index is 0.152. The zero-order chi connectivity index (χ0) is 12.6. The zero-order valence-corrected chi connectivity index (χ0v) is 11.5. The molecule has 0 radical (unpaired) electrons. The molecule has 1 N–H and O–H groups in total. The highest BCUT2D eigenvalue weighted by molar-refractivity contribution is 4.82. The van der Waals surface area contributed by atoms with Gasteiger partial charge in [0.25, 0.3) is 0 Å². The van der Waals surface area contributed by atoms with E-state index in [1.165, 1.54) is 0 Å². The molecule has 0 rings (SSSR count). The fourth-order valence-corrected chi connectivity index (χ4v) is 1.61. The number of nitrogens with zero attached hydrogens (tertiary/aromatic N) is 1. The molecule has 0 heterocycles. The number of hydrogen-bond donors (Lipinski definition) is 1. The zero-order valence-electron chi connectivity index (χ0n) is 11.5. The Morgan fingerprint density at radius 3 is 2.44 bits per heavy atom. The van der Waals surface area contributed by atoms with E-state index in [0.29, 0.717) is 6.04 Å². The second-order valence-electron chi connectivity index (χ2n) is 5.12. The molecule has 0 aliphatic heterocycles. The summed E-state index contributed by atoms with van der Waals surface area (Å²) in [6.45, 7) is 16.1. The minimum Gasteiger partial charge on any atom is -0.383 e. The Kier molecular flexibility index (Phi) is 7.64. The molecule has 1 atom stereocenters. The third-order valence-corrected chi connectivity index (χ3v) is 2.51. The summed E-state index contributed by atoms with van der Waals surface area (Å²) in [5.41, 5.74) is 0.152. The van der Waals surface area contributed by atoms with Gasteiger partial charge in [0.15, 0.2) is 0 Å². The second kappa shape index (κ2) is 7.82. The molecule has 0 bridgehead atoms. The first-order valence-corrected chi connectivity index (χ1v) is 6.03. The average molecular weight is 228 g/mol. The molecule has 0 aliphatic rings. The van der Waals surface area contributed by atoms with Gasteiger partial charge in [-0.05, 0) is 27.3 Å². The predicted octanol–water partition coefficient (Wildman–Crippen LogP) is 1.90. The van der Waals surface area contributed by atoms with Crippen LogP contribution < -0.4 is 5.32 Å². The summed E-state index contributed by atoms with van der Waals surface area (Å²) in [4.78, 5) is 2.37. The van der Waals surface area contributed by atoms with E-state index in [0.717, 1.165) is 26.2 Å². The summed E-state index contributed by atoms with van der Waals surface area (Å²) < 4.78 is 5.28. The molecule has 0 aromatic heterocycles. The van der Waals surface area contributed by atoms with Crippen LogP contribution in [0.1, 0.15) is 27.7 Å². The van der Waals surface area contributed by atoms with Crippen LogP contribution in [-0.2, 0) is 4.74 Å². The molecular formula is C13H28N2O. The SMILES string of the molecule is C=CCN(CC)C(CNC(C)(C)C)COC. The third kappa shape index (κ3) is 6.99. The van der Waals surface area contributed by atoms with Crippen molar-refractivity contribution >= 4 is 0 Å². The number of nitrogens with one attached hydrogen (secondary N) is 1. The van der Waals surface area contributed by atoms with Gasteiger partial charge < -0.3 is 10.1 Å². The van der Waals surface area contributed by atoms with Gasteiger partial charge in [0.1, 0.15) is 0 Å². The molecular weight excluding hydrogens is 200 g/mol. The van der Waals surface area contributed by atoms with E-state index in [2.05, 4.69) is 44.5 Å². The first-order chi connectivity index (χ1) is 7.44. The van der Waals surface area contributed by atoms with Crippen molar-refractivity contribution in [1.82, 2.24) is 10.2 Å². The Morgan fingerprint density at radius 1 is 1.44 bits per heavy atom. The molecule has 1 unspecified atom stereocenters. The van der Waals surface area contributed by atoms with E-state index in [-0.39, 0.29) is 5.54 Å². The van der Waals surface area contributed by atoms with Gasteiger partial charge in [0, 0.05) is 31.8 Å². The van der Waals surface area contributed by atoms with Crippen molar-refractivity contribution in [2.45, 2.75) is 39.3 Å². The molecule has 0 aromatic carbocycles. The molecule has 0 fully saturated rings. The molecule has 0 aromatic rings. The first kappa shape index (κ1) is 15.6. The van der Waals surface area contributed by atoms with Crippen molar-refractivity contribution in [3.8, 4) is 0 Å². The standard InChI is InChI=1S/C13H28N2O/c1-7-9-15(8-2)12(11-16-6)10-14-13(3,4)5/h7,12,14H,1,8-11H2,2-6H3. The maximum absolute atomic E-state index is 5.28. The van der Waals surface area contributed by atoms with E-state index in [4.69, 9.17) is 4.74 Å². The fourth-order valence-electron chi connectivity index (χ4n) is 1.61. The molecule has 96 valence electrons. The number of rotatable bonds is 8. The van der Waals surface area contributed by atoms with Crippen molar-refractivity contribution in [1.29, 1.82) is 0 Å². The molecule has 0 amide bonds. The van der Waals surface area contributed by atoms with Gasteiger partial charge in [0.05, 0.1) is 6.61 Å². The average Bonchev–Trinajstić information content (AvgIpc) is 2.20. The molecule has 0 spiro atoms. The molecule has 0 saturated heterocycles. The molecule has 3 heteroatoms. The summed E-state index contributed by atoms with van der Waals surface area (Å²) in [6, 6.07) is 0.409. The lowest BCUT2D eigenvalue weighted by molar-refractivity contribution is 0.0957. The number of likely N-dealkylation sites (N-methyl/N-ethyl adjacent to an activating group) is 1. The Labute approximate surface area is 101 Å². The van der Waals surface area contributed by atoms with Crippen LogP contribution in [0, 0.1) is 0 Å². The van der Waals surface area contributed by atoms with Gasteiger partial charge in [-0.15, -0.1) is 6.58 Å². The van der Waals surface area contributed by atoms with E-state index in [1.807, 2.05) is 6.08 Å². The third-order valence-electron chi connectivity index (χ3n) is 2.51. The lowest BCUT2D eigenvalue weighted by Crippen LogP contribution is -2.49. The highest BCUT2D eigenvalue weighted by Crippen LogP contribution is 2.04. The van der Waals surface area contributed by atoms with Crippen LogP contribution in [-0.4, -0.2) is 49.8 Å². The van der Waals surface area contributed by atoms with Crippen molar-refractivity contribution in [3.63, 3.8) is 0 Å². The Hall–Kier alpha value is -0.380. The van der Waals surface area contributed by atoms with Crippen molar-refractivity contribution in [2.75, 3.05) is 33.4 Å². The van der Waals surface area contributed by atoms with Gasteiger partial charge in [-0.3, -0.25) is 4.90 Å². The van der Waals surface area contributed by atoms with Crippen LogP contribution in [0.5, 0.6) is 0 Å². The van der Waals surface area contributed by atoms with Gasteiger partial charge >= 0.3 is 0 Å². The van der Waals surface area contributed by atoms with E-state index < -0.39 is 0 Å². The highest BCUT2D eigenvalue weighted by atomic mass is 16.5. The van der Waals surface area contributed by atoms with Crippen LogP contribution in [0.15, 0.2) is 12.7 Å². The van der Waals surface area contributed by atoms with Crippen LogP contribution in [0.4, 0.5) is 0 Å². The van der Waals surface area contributed by atoms with Crippen molar-refractivity contribution in [3.05, 3.63) is 12.7 Å². The van der Waals surface area contributed by atoms with Crippen LogP contribution in [0.2, 0.25) is 0 Å². The maximum atomic E-state index is 5.28. The number of hydrogen-bond acceptors (Lipinski definition) is 3. The number of methoxy groups -OCH3 is 1. The van der Waals surface area contributed by atoms with E-state index in [9.17, 15) is 0 Å². The Balaban J connectivity index is 4.27. The summed E-state index contributed by atoms with van der Waals surface area (Å²) in [6.07, 6.45) is 1.95. The summed E-state index contributed by atoms with van der Waals surface area (Å²) in [5, 5.41) is 3.52. The quantitative estimate of drug-likeness (QED) is 0.642. The smallest absolute Gasteiger partial charge is 0.0630 e. The Bertz CT molecular complexity index is 187. The first-order valence-electron chi connectivity index (χ1n) is 6.03. The maximum Gasteiger partial charge on any atom is 0.0630 e. The van der Waals surface area contributed by atoms with Crippen molar-refractivity contribution < 1.29 is 4.74 Å². The fraction of sp³-hybridized carbons (Fsp3) is 0.846. The molecule has 16 heavy (non-hydrogen) atoms. The van der Waals surface area contributed by atoms with E-state index in [1.54, 1.807) is 7.11 Å². The summed E-state index contributed by atoms with van der Waals surface area (Å²) in [5.74, 6) is 0. The van der Waals surface area contributed by atoms with Gasteiger partial charge in [-0.25, -0.2) is 0 Å². The van der Waals surface area contributed by atoms with Crippen LogP contribution in [0.25, 0.3) is 0 Å². The largest absolute Gasteiger partial charge is 0.383 e. The normalized spacial score (nSPS) is 14.1. The van der Waals surface area contributed by atoms with Gasteiger partial charge in [-0.2, -0.15) is 0 Å². The van der Waals surface area contributed by atoms with Gasteiger partial charge in [-0.1, -0.05) is 13.0 Å². The van der Waals surface area contributed by atoms with Crippen LogP contribution in [0.3, 0.4) is 0 Å². The Morgan fingerprint density at radius 2 is 2.06 bits per heavy atom. The lowest BCUT2D eigenvalue weighted by atomic mass is 10.1. The van der Waals surface area contributed by atoms with Gasteiger partial charge in [0.2, 0.25) is 0 Å². The number of ether oxygens (including phenoxy) is 1. The predicted molar refractivity (Wildman–Crippen MR) is 70.9 cm³/mol. The minimum atomic E-state index is 0.152. The highest BCUT2D eigenvalue weighted by Gasteiger charge is 2.18. The monoisotopic (exact) mass is 228 g/mol. The summed E-state index contributed by atoms with van der Waals surface area (Å²) in [7, 11) is 1.76. The topological polar surface area (TPSA) is 24.5 Å². The second-order valence-corrected chi connectivity index (χ2v) is 5.12. The van der Waals surface area contributed by atoms with Crippen molar-refractivity contribution in [2.24, 2.45) is 0 Å². The molecule has 0 saturated carbocycles. The van der Waals surface area contributed by atoms with E-state index >= 15 is 0 Å². The molecule has 0 aliphatic carbocycles. The summed E-state index contributed by atoms with van der Waals surface area (Å²) >= 11 is 0. The van der Waals surface area contributed by atoms with Crippen LogP contribution >= 0.6 is 0 Å². The lowest BCUT2D eigenvalue weighted by Gasteiger charge is -2.32.